The molecule has 18 heteroatoms. The third kappa shape index (κ3) is 15.9. The van der Waals surface area contributed by atoms with Gasteiger partial charge in [-0.2, -0.15) is 0 Å². The molecule has 1 saturated heterocycles. The van der Waals surface area contributed by atoms with Crippen molar-refractivity contribution >= 4 is 35.8 Å². The lowest BCUT2D eigenvalue weighted by Gasteiger charge is -2.36. The highest BCUT2D eigenvalue weighted by Crippen LogP contribution is 2.05. The van der Waals surface area contributed by atoms with E-state index in [4.69, 9.17) is 0 Å². The van der Waals surface area contributed by atoms with Crippen LogP contribution in [0.15, 0.2) is 0 Å². The second kappa shape index (κ2) is 18.0. The van der Waals surface area contributed by atoms with Gasteiger partial charge in [-0.25, -0.2) is 10.0 Å². The van der Waals surface area contributed by atoms with Crippen molar-refractivity contribution in [3.8, 4) is 0 Å². The van der Waals surface area contributed by atoms with Crippen LogP contribution in [0.25, 0.3) is 0 Å². The van der Waals surface area contributed by atoms with Gasteiger partial charge in [0.25, 0.3) is 0 Å². The zero-order valence-electron chi connectivity index (χ0n) is 22.1. The van der Waals surface area contributed by atoms with Gasteiger partial charge in [0, 0.05) is 65.4 Å². The predicted molar refractivity (Wildman–Crippen MR) is 135 cm³/mol. The zero-order chi connectivity index (χ0) is 30.2. The van der Waals surface area contributed by atoms with Crippen LogP contribution in [-0.2, 0) is 28.8 Å². The molecule has 1 rings (SSSR count). The maximum Gasteiger partial charge on any atom is 0.319 e. The molecule has 0 unspecified atom stereocenters. The topological polar surface area (TPSA) is 243 Å². The van der Waals surface area contributed by atoms with Crippen molar-refractivity contribution < 1.29 is 59.4 Å². The van der Waals surface area contributed by atoms with E-state index in [-0.39, 0.29) is 65.4 Å². The molecule has 1 aliphatic heterocycles. The molecule has 40 heavy (non-hydrogen) atoms. The smallest absolute Gasteiger partial charge is 0.319 e. The van der Waals surface area contributed by atoms with E-state index in [1.165, 1.54) is 29.6 Å². The van der Waals surface area contributed by atoms with Crippen LogP contribution in [0.4, 0.5) is 0 Å². The molecule has 0 saturated carbocycles. The fraction of sp³-hybridized carbons (Fsp3) is 0.727. The van der Waals surface area contributed by atoms with Gasteiger partial charge < -0.3 is 30.6 Å². The molecule has 1 heterocycles. The van der Waals surface area contributed by atoms with Crippen LogP contribution in [0.1, 0.15) is 0 Å². The van der Waals surface area contributed by atoms with E-state index in [9.17, 15) is 59.4 Å². The fourth-order valence-corrected chi connectivity index (χ4v) is 4.16. The van der Waals surface area contributed by atoms with Crippen LogP contribution < -0.4 is 0 Å². The van der Waals surface area contributed by atoms with E-state index >= 15 is 0 Å². The minimum atomic E-state index is -1.27. The Bertz CT molecular complexity index is 820. The second-order valence-electron chi connectivity index (χ2n) is 9.24. The average molecular weight is 579 g/mol. The molecule has 0 spiro atoms. The predicted octanol–water partition coefficient (Wildman–Crippen LogP) is -3.77. The third-order valence-corrected chi connectivity index (χ3v) is 6.02. The Kier molecular flexibility index (Phi) is 15.6. The number of aliphatic carboxylic acids is 6. The van der Waals surface area contributed by atoms with Gasteiger partial charge in [-0.05, 0) is 0 Å². The molecule has 1 fully saturated rings. The summed E-state index contributed by atoms with van der Waals surface area (Å²) in [5.74, 6) is -7.18. The lowest BCUT2D eigenvalue weighted by Crippen LogP contribution is -2.54. The molecule has 0 bridgehead atoms. The van der Waals surface area contributed by atoms with Gasteiger partial charge in [-0.15, -0.1) is 0 Å². The van der Waals surface area contributed by atoms with Gasteiger partial charge in [0.15, 0.2) is 0 Å². The lowest BCUT2D eigenvalue weighted by molar-refractivity contribution is -0.153. The van der Waals surface area contributed by atoms with E-state index in [1.807, 2.05) is 0 Å². The number of rotatable bonds is 12. The van der Waals surface area contributed by atoms with Gasteiger partial charge in [0.2, 0.25) is 0 Å². The number of carboxylic acid groups (broad SMARTS) is 6. The van der Waals surface area contributed by atoms with Crippen molar-refractivity contribution in [3.63, 3.8) is 0 Å². The summed E-state index contributed by atoms with van der Waals surface area (Å²) in [7, 11) is 0. The molecule has 6 N–H and O–H groups in total. The minimum Gasteiger partial charge on any atom is -0.480 e. The number of hydrazine groups is 1. The summed E-state index contributed by atoms with van der Waals surface area (Å²) in [6.45, 7) is -2.40. The Balaban J connectivity index is 3.37. The Labute approximate surface area is 230 Å². The summed E-state index contributed by atoms with van der Waals surface area (Å²) >= 11 is 0. The fourth-order valence-electron chi connectivity index (χ4n) is 4.16. The van der Waals surface area contributed by atoms with Gasteiger partial charge >= 0.3 is 35.8 Å². The summed E-state index contributed by atoms with van der Waals surface area (Å²) in [6, 6.07) is 0. The molecule has 0 aromatic heterocycles. The van der Waals surface area contributed by atoms with Crippen molar-refractivity contribution in [2.75, 3.05) is 105 Å². The molecule has 228 valence electrons. The van der Waals surface area contributed by atoms with Gasteiger partial charge in [0.1, 0.15) is 13.1 Å². The first-order valence-corrected chi connectivity index (χ1v) is 12.4. The van der Waals surface area contributed by atoms with Crippen LogP contribution in [-0.4, -0.2) is 201 Å². The van der Waals surface area contributed by atoms with Gasteiger partial charge in [-0.1, -0.05) is 0 Å². The van der Waals surface area contributed by atoms with Crippen molar-refractivity contribution in [1.82, 2.24) is 29.6 Å². The molecule has 0 aromatic rings. The van der Waals surface area contributed by atoms with Crippen LogP contribution in [0.5, 0.6) is 0 Å². The number of hydrogen-bond donors (Lipinski definition) is 6. The van der Waals surface area contributed by atoms with Crippen LogP contribution in [0.3, 0.4) is 0 Å². The monoisotopic (exact) mass is 578 g/mol. The molecule has 0 aliphatic carbocycles. The van der Waals surface area contributed by atoms with E-state index in [0.717, 1.165) is 0 Å². The molecule has 0 amide bonds. The van der Waals surface area contributed by atoms with E-state index in [2.05, 4.69) is 0 Å². The molecule has 18 nitrogen and oxygen atoms in total. The Hall–Kier alpha value is -3.42. The summed E-state index contributed by atoms with van der Waals surface area (Å²) in [4.78, 5) is 74.9. The largest absolute Gasteiger partial charge is 0.480 e. The molecule has 0 aromatic carbocycles. The quantitative estimate of drug-likeness (QED) is 0.130. The molecule has 0 radical (unpaired) electrons. The summed E-state index contributed by atoms with van der Waals surface area (Å²) in [6.07, 6.45) is 0. The van der Waals surface area contributed by atoms with E-state index in [0.29, 0.717) is 0 Å². The van der Waals surface area contributed by atoms with Crippen molar-refractivity contribution in [3.05, 3.63) is 0 Å². The normalized spacial score (nSPS) is 19.2. The third-order valence-electron chi connectivity index (χ3n) is 6.02. The highest BCUT2D eigenvalue weighted by molar-refractivity contribution is 5.71. The summed E-state index contributed by atoms with van der Waals surface area (Å²) in [5.41, 5.74) is 0. The molecule has 1 aliphatic rings. The molecular weight excluding hydrogens is 540 g/mol. The van der Waals surface area contributed by atoms with Crippen LogP contribution >= 0.6 is 0 Å². The number of carboxylic acids is 6. The first kappa shape index (κ1) is 34.6. The van der Waals surface area contributed by atoms with Crippen LogP contribution in [0, 0.1) is 0 Å². The van der Waals surface area contributed by atoms with E-state index in [1.54, 1.807) is 0 Å². The molecule has 0 atom stereocenters. The molecular formula is C22H38N6O12. The maximum atomic E-state index is 11.6. The standard InChI is InChI=1S/C22H38N6O12/c29-17(30)11-23-1-2-24(12-18(31)32)4-6-26(14-20(35)36)8-10-28(16-22(39)40)27(15-21(37)38)9-7-25(5-3-23)13-19(33)34/h1-16H2,(H,29,30)(H,31,32)(H,33,34)(H,35,36)(H,37,38)(H,39,40). The SMILES string of the molecule is O=C(O)CN1CCN(CC(=O)O)CCN(CC(=O)O)CCN(CC(=O)O)N(CC(=O)O)CCN(CC(=O)O)CC1. The van der Waals surface area contributed by atoms with Crippen LogP contribution in [0.2, 0.25) is 0 Å². The second-order valence-corrected chi connectivity index (χ2v) is 9.24. The first-order chi connectivity index (χ1) is 18.7. The number of carbonyl (C=O) groups is 6. The van der Waals surface area contributed by atoms with Gasteiger partial charge in [0.05, 0.1) is 26.2 Å². The lowest BCUT2D eigenvalue weighted by atomic mass is 10.3. The highest BCUT2D eigenvalue weighted by Gasteiger charge is 2.25. The average Bonchev–Trinajstić information content (AvgIpc) is 2.81. The Morgan fingerprint density at radius 3 is 0.675 bits per heavy atom. The Morgan fingerprint density at radius 1 is 0.325 bits per heavy atom. The number of nitrogens with zero attached hydrogens (tertiary/aromatic N) is 6. The van der Waals surface area contributed by atoms with E-state index < -0.39 is 75.1 Å². The maximum absolute atomic E-state index is 11.6. The van der Waals surface area contributed by atoms with Gasteiger partial charge in [-0.3, -0.25) is 48.4 Å². The summed E-state index contributed by atoms with van der Waals surface area (Å²) < 4.78 is 0. The van der Waals surface area contributed by atoms with Crippen molar-refractivity contribution in [1.29, 1.82) is 0 Å². The Morgan fingerprint density at radius 2 is 0.500 bits per heavy atom. The number of hydrogen-bond acceptors (Lipinski definition) is 12. The minimum absolute atomic E-state index is 0.000585. The zero-order valence-corrected chi connectivity index (χ0v) is 22.1. The van der Waals surface area contributed by atoms with Crippen molar-refractivity contribution in [2.45, 2.75) is 0 Å². The first-order valence-electron chi connectivity index (χ1n) is 12.4. The summed E-state index contributed by atoms with van der Waals surface area (Å²) in [5, 5.41) is 58.7. The highest BCUT2D eigenvalue weighted by atomic mass is 16.4. The van der Waals surface area contributed by atoms with Crippen molar-refractivity contribution in [2.24, 2.45) is 0 Å².